The fourth-order valence-electron chi connectivity index (χ4n) is 5.22. The van der Waals surface area contributed by atoms with Gasteiger partial charge in [0.2, 0.25) is 5.82 Å². The zero-order chi connectivity index (χ0) is 19.5. The first-order valence-corrected chi connectivity index (χ1v) is 10.9. The van der Waals surface area contributed by atoms with Crippen LogP contribution in [0.4, 0.5) is 0 Å². The van der Waals surface area contributed by atoms with Crippen LogP contribution in [0.15, 0.2) is 53.1 Å². The zero-order valence-corrected chi connectivity index (χ0v) is 16.8. The van der Waals surface area contributed by atoms with Crippen LogP contribution in [0, 0.1) is 0 Å². The summed E-state index contributed by atoms with van der Waals surface area (Å²) in [5.41, 5.74) is 1.28. The van der Waals surface area contributed by atoms with E-state index < -0.39 is 0 Å². The van der Waals surface area contributed by atoms with Gasteiger partial charge in [-0.2, -0.15) is 0 Å². The van der Waals surface area contributed by atoms with E-state index in [-0.39, 0.29) is 6.04 Å². The average molecular weight is 395 g/mol. The van der Waals surface area contributed by atoms with Crippen LogP contribution in [-0.2, 0) is 6.54 Å². The van der Waals surface area contributed by atoms with Gasteiger partial charge in [0.1, 0.15) is 38.5 Å². The zero-order valence-electron chi connectivity index (χ0n) is 16.8. The Hall–Kier alpha value is -2.51. The van der Waals surface area contributed by atoms with Crippen molar-refractivity contribution in [3.63, 3.8) is 0 Å². The molecule has 1 aliphatic heterocycles. The van der Waals surface area contributed by atoms with Crippen molar-refractivity contribution >= 4 is 0 Å². The molecule has 1 atom stereocenters. The first kappa shape index (κ1) is 18.5. The van der Waals surface area contributed by atoms with Gasteiger partial charge in [0.25, 0.3) is 0 Å². The summed E-state index contributed by atoms with van der Waals surface area (Å²) in [5.74, 6) is 1.79. The number of benzene rings is 1. The van der Waals surface area contributed by atoms with Crippen LogP contribution < -0.4 is 9.80 Å². The maximum atomic E-state index is 5.54. The van der Waals surface area contributed by atoms with Gasteiger partial charge in [0.15, 0.2) is 6.04 Å². The van der Waals surface area contributed by atoms with Crippen molar-refractivity contribution in [3.8, 4) is 0 Å². The third-order valence-corrected chi connectivity index (χ3v) is 6.71. The summed E-state index contributed by atoms with van der Waals surface area (Å²) in [6.07, 6.45) is 7.35. The molecule has 2 fully saturated rings. The largest absolute Gasteiger partial charge is 0.467 e. The molecule has 0 bridgehead atoms. The molecule has 5 rings (SSSR count). The van der Waals surface area contributed by atoms with Crippen LogP contribution in [0.3, 0.4) is 0 Å². The summed E-state index contributed by atoms with van der Waals surface area (Å²) in [7, 11) is 0. The molecular weight excluding hydrogens is 364 g/mol. The van der Waals surface area contributed by atoms with E-state index in [1.807, 2.05) is 21.7 Å². The summed E-state index contributed by atoms with van der Waals surface area (Å²) < 4.78 is 7.44. The third-order valence-electron chi connectivity index (χ3n) is 6.71. The predicted molar refractivity (Wildman–Crippen MR) is 108 cm³/mol. The lowest BCUT2D eigenvalue weighted by Crippen LogP contribution is -3.29. The van der Waals surface area contributed by atoms with Gasteiger partial charge in [-0.05, 0) is 48.2 Å². The van der Waals surface area contributed by atoms with Crippen molar-refractivity contribution in [2.75, 3.05) is 26.2 Å². The maximum absolute atomic E-state index is 5.54. The van der Waals surface area contributed by atoms with Crippen LogP contribution in [0.1, 0.15) is 48.9 Å². The van der Waals surface area contributed by atoms with E-state index in [4.69, 9.17) is 4.42 Å². The van der Waals surface area contributed by atoms with Crippen LogP contribution in [0.25, 0.3) is 0 Å². The van der Waals surface area contributed by atoms with Crippen molar-refractivity contribution in [1.29, 1.82) is 0 Å². The smallest absolute Gasteiger partial charge is 0.214 e. The molecule has 1 saturated heterocycles. The number of hydrogen-bond donors (Lipinski definition) is 2. The Morgan fingerprint density at radius 1 is 1.00 bits per heavy atom. The lowest BCUT2D eigenvalue weighted by atomic mass is 10.0. The molecule has 0 unspecified atom stereocenters. The average Bonchev–Trinajstić information content (AvgIpc) is 3.54. The minimum atomic E-state index is 0.145. The Morgan fingerprint density at radius 2 is 1.79 bits per heavy atom. The standard InChI is InChI=1S/C22H28N6O/c1-2-7-18(8-3-1)21(22-23-24-25-28(22)17-20-11-6-16-29-20)27-14-12-26(13-15-27)19-9-4-5-10-19/h1-3,6-8,11,16,19,21H,4-5,9-10,12-15,17H2/p+2/t21-/m1/s1. The number of furan rings is 1. The molecule has 2 aromatic heterocycles. The third kappa shape index (κ3) is 3.97. The Morgan fingerprint density at radius 3 is 2.52 bits per heavy atom. The van der Waals surface area contributed by atoms with E-state index in [0.29, 0.717) is 6.54 Å². The monoisotopic (exact) mass is 394 g/mol. The second-order valence-electron chi connectivity index (χ2n) is 8.42. The first-order valence-electron chi connectivity index (χ1n) is 10.9. The number of aromatic nitrogens is 4. The molecule has 2 N–H and O–H groups in total. The van der Waals surface area contributed by atoms with E-state index in [0.717, 1.165) is 30.7 Å². The minimum absolute atomic E-state index is 0.145. The van der Waals surface area contributed by atoms with Crippen molar-refractivity contribution in [2.45, 2.75) is 44.3 Å². The molecule has 3 aromatic rings. The normalized spacial score (nSPS) is 24.0. The minimum Gasteiger partial charge on any atom is -0.467 e. The summed E-state index contributed by atoms with van der Waals surface area (Å²) in [6, 6.07) is 15.6. The highest BCUT2D eigenvalue weighted by Crippen LogP contribution is 2.18. The molecule has 0 spiro atoms. The van der Waals surface area contributed by atoms with Crippen molar-refractivity contribution in [2.24, 2.45) is 0 Å². The van der Waals surface area contributed by atoms with Gasteiger partial charge >= 0.3 is 0 Å². The fourth-order valence-corrected chi connectivity index (χ4v) is 5.22. The quantitative estimate of drug-likeness (QED) is 0.624. The highest BCUT2D eigenvalue weighted by atomic mass is 16.3. The predicted octanol–water partition coefficient (Wildman–Crippen LogP) is 0.130. The van der Waals surface area contributed by atoms with Gasteiger partial charge in [-0.25, -0.2) is 4.68 Å². The molecule has 1 aromatic carbocycles. The summed E-state index contributed by atoms with van der Waals surface area (Å²) >= 11 is 0. The Bertz CT molecular complexity index is 879. The van der Waals surface area contributed by atoms with Gasteiger partial charge in [-0.3, -0.25) is 0 Å². The van der Waals surface area contributed by atoms with Gasteiger partial charge < -0.3 is 14.2 Å². The van der Waals surface area contributed by atoms with Gasteiger partial charge in [0.05, 0.1) is 12.3 Å². The van der Waals surface area contributed by atoms with Crippen LogP contribution in [0.5, 0.6) is 0 Å². The Labute approximate surface area is 171 Å². The molecule has 1 saturated carbocycles. The van der Waals surface area contributed by atoms with E-state index in [2.05, 4.69) is 45.9 Å². The van der Waals surface area contributed by atoms with Gasteiger partial charge in [-0.1, -0.05) is 30.3 Å². The van der Waals surface area contributed by atoms with E-state index in [1.54, 1.807) is 11.2 Å². The molecule has 152 valence electrons. The van der Waals surface area contributed by atoms with Crippen molar-refractivity contribution < 1.29 is 14.2 Å². The van der Waals surface area contributed by atoms with Crippen LogP contribution in [0.2, 0.25) is 0 Å². The Balaban J connectivity index is 1.39. The Kier molecular flexibility index (Phi) is 5.41. The number of quaternary nitrogens is 2. The lowest BCUT2D eigenvalue weighted by Gasteiger charge is -2.36. The second kappa shape index (κ2) is 8.47. The molecule has 7 nitrogen and oxygen atoms in total. The topological polar surface area (TPSA) is 65.6 Å². The number of rotatable bonds is 6. The molecule has 7 heteroatoms. The highest BCUT2D eigenvalue weighted by molar-refractivity contribution is 5.22. The van der Waals surface area contributed by atoms with Gasteiger partial charge in [-0.15, -0.1) is 5.10 Å². The number of piperazine rings is 1. The van der Waals surface area contributed by atoms with Crippen molar-refractivity contribution in [3.05, 3.63) is 65.9 Å². The van der Waals surface area contributed by atoms with Gasteiger partial charge in [0, 0.05) is 5.56 Å². The number of nitrogens with one attached hydrogen (secondary N) is 2. The maximum Gasteiger partial charge on any atom is 0.214 e. The summed E-state index contributed by atoms with van der Waals surface area (Å²) in [6.45, 7) is 5.34. The van der Waals surface area contributed by atoms with Crippen LogP contribution in [-0.4, -0.2) is 52.4 Å². The van der Waals surface area contributed by atoms with E-state index >= 15 is 0 Å². The van der Waals surface area contributed by atoms with E-state index in [1.165, 1.54) is 44.3 Å². The number of hydrogen-bond acceptors (Lipinski definition) is 4. The summed E-state index contributed by atoms with van der Waals surface area (Å²) in [5, 5.41) is 12.8. The second-order valence-corrected chi connectivity index (χ2v) is 8.42. The SMILES string of the molecule is c1ccc([C@H](c2nnnn2Cc2ccco2)[NH+]2CC[NH+](C3CCCC3)CC2)cc1. The molecule has 2 aliphatic rings. The molecule has 0 amide bonds. The molecule has 3 heterocycles. The molecule has 0 radical (unpaired) electrons. The molecule has 29 heavy (non-hydrogen) atoms. The molecular formula is C22H30N6O+2. The number of nitrogens with zero attached hydrogens (tertiary/aromatic N) is 4. The summed E-state index contributed by atoms with van der Waals surface area (Å²) in [4.78, 5) is 3.38. The first-order chi connectivity index (χ1) is 14.4. The van der Waals surface area contributed by atoms with Crippen molar-refractivity contribution in [1.82, 2.24) is 20.2 Å². The number of tetrazole rings is 1. The van der Waals surface area contributed by atoms with E-state index in [9.17, 15) is 0 Å². The highest BCUT2D eigenvalue weighted by Gasteiger charge is 2.38. The lowest BCUT2D eigenvalue weighted by molar-refractivity contribution is -1.03. The van der Waals surface area contributed by atoms with Crippen LogP contribution >= 0.6 is 0 Å². The molecule has 1 aliphatic carbocycles. The fraction of sp³-hybridized carbons (Fsp3) is 0.500.